The molecule has 1 saturated heterocycles. The zero-order valence-electron chi connectivity index (χ0n) is 14.2. The van der Waals surface area contributed by atoms with E-state index in [0.717, 1.165) is 56.3 Å². The van der Waals surface area contributed by atoms with E-state index in [1.165, 1.54) is 0 Å². The number of rotatable bonds is 7. The third-order valence-corrected chi connectivity index (χ3v) is 5.00. The average molecular weight is 352 g/mol. The molecule has 0 radical (unpaired) electrons. The van der Waals surface area contributed by atoms with Crippen LogP contribution in [0.5, 0.6) is 5.75 Å². The molecular weight excluding hydrogens is 326 g/mol. The van der Waals surface area contributed by atoms with Crippen molar-refractivity contribution in [2.24, 2.45) is 0 Å². The predicted octanol–water partition coefficient (Wildman–Crippen LogP) is 2.00. The molecule has 1 atom stereocenters. The lowest BCUT2D eigenvalue weighted by molar-refractivity contribution is -0.126. The highest BCUT2D eigenvalue weighted by Crippen LogP contribution is 2.19. The van der Waals surface area contributed by atoms with E-state index in [9.17, 15) is 4.79 Å². The lowest BCUT2D eigenvalue weighted by Gasteiger charge is -2.37. The van der Waals surface area contributed by atoms with Crippen LogP contribution in [0.4, 0.5) is 0 Å². The Bertz CT molecular complexity index is 540. The molecule has 1 N–H and O–H groups in total. The first kappa shape index (κ1) is 17.5. The lowest BCUT2D eigenvalue weighted by atomic mass is 10.2. The fraction of sp³-hybridized carbons (Fsp3) is 0.611. The van der Waals surface area contributed by atoms with Crippen molar-refractivity contribution in [2.45, 2.75) is 31.8 Å². The molecule has 0 unspecified atom stereocenters. The SMILES string of the molecule is C[C@@H](C(=O)NC1CC1)N1CCN(CCOc2ccc(Cl)cc2)CC1. The Morgan fingerprint density at radius 1 is 1.25 bits per heavy atom. The van der Waals surface area contributed by atoms with Crippen LogP contribution in [0.15, 0.2) is 24.3 Å². The van der Waals surface area contributed by atoms with Gasteiger partial charge >= 0.3 is 0 Å². The largest absolute Gasteiger partial charge is 0.492 e. The number of ether oxygens (including phenoxy) is 1. The summed E-state index contributed by atoms with van der Waals surface area (Å²) in [4.78, 5) is 16.8. The average Bonchev–Trinajstić information content (AvgIpc) is 3.40. The Kier molecular flexibility index (Phi) is 5.98. The van der Waals surface area contributed by atoms with Gasteiger partial charge in [-0.2, -0.15) is 0 Å². The summed E-state index contributed by atoms with van der Waals surface area (Å²) in [7, 11) is 0. The fourth-order valence-electron chi connectivity index (χ4n) is 2.91. The van der Waals surface area contributed by atoms with Gasteiger partial charge in [0.2, 0.25) is 5.91 Å². The molecule has 1 heterocycles. The first-order chi connectivity index (χ1) is 11.6. The molecule has 6 heteroatoms. The zero-order valence-corrected chi connectivity index (χ0v) is 15.0. The van der Waals surface area contributed by atoms with Crippen molar-refractivity contribution < 1.29 is 9.53 Å². The second-order valence-electron chi connectivity index (χ2n) is 6.64. The number of carbonyl (C=O) groups is 1. The highest BCUT2D eigenvalue weighted by Gasteiger charge is 2.29. The minimum absolute atomic E-state index is 0.0296. The molecule has 1 saturated carbocycles. The Hall–Kier alpha value is -1.30. The molecule has 132 valence electrons. The molecule has 2 aliphatic rings. The third kappa shape index (κ3) is 5.10. The normalized spacial score (nSPS) is 20.6. The van der Waals surface area contributed by atoms with Gasteiger partial charge in [-0.1, -0.05) is 11.6 Å². The Labute approximate surface area is 148 Å². The van der Waals surface area contributed by atoms with Gasteiger partial charge < -0.3 is 10.1 Å². The maximum atomic E-state index is 12.1. The number of piperazine rings is 1. The number of nitrogens with one attached hydrogen (secondary N) is 1. The molecule has 5 nitrogen and oxygen atoms in total. The standard InChI is InChI=1S/C18H26ClN3O2/c1-14(18(23)20-16-4-5-16)22-10-8-21(9-11-22)12-13-24-17-6-2-15(19)3-7-17/h2-3,6-7,14,16H,4-5,8-13H2,1H3,(H,20,23)/t14-/m0/s1. The van der Waals surface area contributed by atoms with Gasteiger partial charge in [0.15, 0.2) is 0 Å². The Balaban J connectivity index is 1.34. The molecular formula is C18H26ClN3O2. The fourth-order valence-corrected chi connectivity index (χ4v) is 3.04. The second kappa shape index (κ2) is 8.19. The van der Waals surface area contributed by atoms with Gasteiger partial charge in [0.05, 0.1) is 6.04 Å². The van der Waals surface area contributed by atoms with E-state index in [-0.39, 0.29) is 11.9 Å². The van der Waals surface area contributed by atoms with E-state index in [0.29, 0.717) is 12.6 Å². The van der Waals surface area contributed by atoms with Crippen molar-refractivity contribution in [1.29, 1.82) is 0 Å². The predicted molar refractivity (Wildman–Crippen MR) is 95.6 cm³/mol. The first-order valence-electron chi connectivity index (χ1n) is 8.77. The van der Waals surface area contributed by atoms with E-state index < -0.39 is 0 Å². The van der Waals surface area contributed by atoms with Crippen LogP contribution >= 0.6 is 11.6 Å². The van der Waals surface area contributed by atoms with Crippen LogP contribution in [0.1, 0.15) is 19.8 Å². The minimum Gasteiger partial charge on any atom is -0.492 e. The Morgan fingerprint density at radius 3 is 2.54 bits per heavy atom. The van der Waals surface area contributed by atoms with Gasteiger partial charge in [0, 0.05) is 43.8 Å². The van der Waals surface area contributed by atoms with E-state index in [1.807, 2.05) is 31.2 Å². The number of carbonyl (C=O) groups excluding carboxylic acids is 1. The summed E-state index contributed by atoms with van der Waals surface area (Å²) in [5, 5.41) is 3.82. The van der Waals surface area contributed by atoms with E-state index in [1.54, 1.807) is 0 Å². The van der Waals surface area contributed by atoms with Crippen molar-refractivity contribution >= 4 is 17.5 Å². The molecule has 24 heavy (non-hydrogen) atoms. The van der Waals surface area contributed by atoms with Crippen LogP contribution in [-0.4, -0.2) is 67.1 Å². The molecule has 1 aromatic carbocycles. The van der Waals surface area contributed by atoms with Crippen molar-refractivity contribution in [2.75, 3.05) is 39.3 Å². The molecule has 3 rings (SSSR count). The summed E-state index contributed by atoms with van der Waals surface area (Å²) in [6.07, 6.45) is 2.28. The van der Waals surface area contributed by atoms with Crippen molar-refractivity contribution in [3.05, 3.63) is 29.3 Å². The highest BCUT2D eigenvalue weighted by atomic mass is 35.5. The monoisotopic (exact) mass is 351 g/mol. The quantitative estimate of drug-likeness (QED) is 0.816. The van der Waals surface area contributed by atoms with Crippen LogP contribution in [0.2, 0.25) is 5.02 Å². The summed E-state index contributed by atoms with van der Waals surface area (Å²) >= 11 is 5.86. The van der Waals surface area contributed by atoms with Crippen molar-refractivity contribution in [1.82, 2.24) is 15.1 Å². The summed E-state index contributed by atoms with van der Waals surface area (Å²) in [5.41, 5.74) is 0. The Morgan fingerprint density at radius 2 is 1.92 bits per heavy atom. The maximum absolute atomic E-state index is 12.1. The molecule has 0 aromatic heterocycles. The number of hydrogen-bond donors (Lipinski definition) is 1. The molecule has 2 fully saturated rings. The van der Waals surface area contributed by atoms with Crippen molar-refractivity contribution in [3.8, 4) is 5.75 Å². The van der Waals surface area contributed by atoms with Gasteiger partial charge in [-0.25, -0.2) is 0 Å². The molecule has 0 spiro atoms. The van der Waals surface area contributed by atoms with Crippen LogP contribution in [-0.2, 0) is 4.79 Å². The van der Waals surface area contributed by atoms with E-state index in [2.05, 4.69) is 15.1 Å². The molecule has 1 aliphatic heterocycles. The first-order valence-corrected chi connectivity index (χ1v) is 9.15. The number of amides is 1. The van der Waals surface area contributed by atoms with Gasteiger partial charge in [0.25, 0.3) is 0 Å². The highest BCUT2D eigenvalue weighted by molar-refractivity contribution is 6.30. The second-order valence-corrected chi connectivity index (χ2v) is 7.08. The third-order valence-electron chi connectivity index (χ3n) is 4.75. The molecule has 0 bridgehead atoms. The summed E-state index contributed by atoms with van der Waals surface area (Å²) < 4.78 is 5.75. The van der Waals surface area contributed by atoms with Crippen LogP contribution in [0, 0.1) is 0 Å². The van der Waals surface area contributed by atoms with Crippen molar-refractivity contribution in [3.63, 3.8) is 0 Å². The van der Waals surface area contributed by atoms with Crippen LogP contribution in [0.3, 0.4) is 0 Å². The summed E-state index contributed by atoms with van der Waals surface area (Å²) in [6.45, 7) is 7.39. The number of nitrogens with zero attached hydrogens (tertiary/aromatic N) is 2. The maximum Gasteiger partial charge on any atom is 0.237 e. The number of halogens is 1. The van der Waals surface area contributed by atoms with Gasteiger partial charge in [-0.3, -0.25) is 14.6 Å². The number of hydrogen-bond acceptors (Lipinski definition) is 4. The lowest BCUT2D eigenvalue weighted by Crippen LogP contribution is -2.54. The zero-order chi connectivity index (χ0) is 16.9. The minimum atomic E-state index is -0.0296. The molecule has 1 aliphatic carbocycles. The van der Waals surface area contributed by atoms with E-state index in [4.69, 9.17) is 16.3 Å². The number of benzene rings is 1. The van der Waals surface area contributed by atoms with Gasteiger partial charge in [-0.15, -0.1) is 0 Å². The van der Waals surface area contributed by atoms with Gasteiger partial charge in [-0.05, 0) is 44.0 Å². The molecule has 1 amide bonds. The smallest absolute Gasteiger partial charge is 0.237 e. The van der Waals surface area contributed by atoms with E-state index >= 15 is 0 Å². The topological polar surface area (TPSA) is 44.8 Å². The summed E-state index contributed by atoms with van der Waals surface area (Å²) in [6, 6.07) is 7.86. The van der Waals surface area contributed by atoms with Crippen LogP contribution < -0.4 is 10.1 Å². The summed E-state index contributed by atoms with van der Waals surface area (Å²) in [5.74, 6) is 1.03. The van der Waals surface area contributed by atoms with Gasteiger partial charge in [0.1, 0.15) is 12.4 Å². The van der Waals surface area contributed by atoms with Crippen LogP contribution in [0.25, 0.3) is 0 Å². The molecule has 1 aromatic rings.